The number of hydrogen-bond donors (Lipinski definition) is 1. The maximum atomic E-state index is 10.7. The fraction of sp³-hybridized carbons (Fsp3) is 0.429. The predicted molar refractivity (Wildman–Crippen MR) is 78.4 cm³/mol. The van der Waals surface area contributed by atoms with E-state index in [0.717, 1.165) is 36.4 Å². The molecule has 1 N–H and O–H groups in total. The van der Waals surface area contributed by atoms with E-state index < -0.39 is 4.92 Å². The molecule has 21 heavy (non-hydrogen) atoms. The van der Waals surface area contributed by atoms with Crippen LogP contribution in [0.5, 0.6) is 0 Å². The van der Waals surface area contributed by atoms with Crippen LogP contribution >= 0.6 is 0 Å². The summed E-state index contributed by atoms with van der Waals surface area (Å²) in [5.41, 5.74) is 2.71. The van der Waals surface area contributed by atoms with Crippen molar-refractivity contribution in [3.05, 3.63) is 45.0 Å². The summed E-state index contributed by atoms with van der Waals surface area (Å²) in [5, 5.41) is 17.8. The van der Waals surface area contributed by atoms with Gasteiger partial charge >= 0.3 is 0 Å². The Hall–Kier alpha value is -2.44. The van der Waals surface area contributed by atoms with E-state index in [-0.39, 0.29) is 5.69 Å². The Kier molecular flexibility index (Phi) is 4.52. The number of nitro groups is 1. The van der Waals surface area contributed by atoms with E-state index in [1.165, 1.54) is 6.20 Å². The number of nitrogens with zero attached hydrogens (tertiary/aromatic N) is 3. The van der Waals surface area contributed by atoms with E-state index >= 15 is 0 Å². The summed E-state index contributed by atoms with van der Waals surface area (Å²) in [7, 11) is 0. The second-order valence-electron chi connectivity index (χ2n) is 4.95. The molecule has 0 saturated carbocycles. The Bertz CT molecular complexity index is 632. The predicted octanol–water partition coefficient (Wildman–Crippen LogP) is 2.95. The Morgan fingerprint density at radius 1 is 1.38 bits per heavy atom. The maximum Gasteiger partial charge on any atom is 0.290 e. The number of hydrogen-bond acceptors (Lipinski definition) is 6. The Morgan fingerprint density at radius 2 is 2.14 bits per heavy atom. The van der Waals surface area contributed by atoms with Crippen molar-refractivity contribution in [2.45, 2.75) is 33.6 Å². The summed E-state index contributed by atoms with van der Waals surface area (Å²) in [6.45, 7) is 6.27. The third kappa shape index (κ3) is 3.56. The molecule has 7 heteroatoms. The highest BCUT2D eigenvalue weighted by Crippen LogP contribution is 2.19. The Balaban J connectivity index is 1.87. The zero-order valence-electron chi connectivity index (χ0n) is 12.3. The van der Waals surface area contributed by atoms with Crippen molar-refractivity contribution < 1.29 is 9.45 Å². The summed E-state index contributed by atoms with van der Waals surface area (Å²) >= 11 is 0. The van der Waals surface area contributed by atoms with Crippen LogP contribution in [-0.4, -0.2) is 21.6 Å². The largest absolute Gasteiger partial charge is 0.370 e. The smallest absolute Gasteiger partial charge is 0.290 e. The molecule has 2 rings (SSSR count). The first-order valence-corrected chi connectivity index (χ1v) is 6.75. The van der Waals surface area contributed by atoms with Crippen molar-refractivity contribution in [2.24, 2.45) is 0 Å². The van der Waals surface area contributed by atoms with Gasteiger partial charge in [0.25, 0.3) is 5.69 Å². The monoisotopic (exact) mass is 290 g/mol. The molecule has 0 unspecified atom stereocenters. The highest BCUT2D eigenvalue weighted by atomic mass is 16.6. The van der Waals surface area contributed by atoms with Crippen LogP contribution in [0.4, 0.5) is 11.5 Å². The number of aromatic nitrogens is 2. The highest BCUT2D eigenvalue weighted by Gasteiger charge is 2.11. The van der Waals surface area contributed by atoms with Gasteiger partial charge in [-0.1, -0.05) is 5.16 Å². The summed E-state index contributed by atoms with van der Waals surface area (Å²) in [6.07, 6.45) is 3.06. The van der Waals surface area contributed by atoms with Crippen LogP contribution in [0.25, 0.3) is 0 Å². The summed E-state index contributed by atoms with van der Waals surface area (Å²) in [5.74, 6) is 1.51. The van der Waals surface area contributed by atoms with E-state index in [1.54, 1.807) is 13.0 Å². The van der Waals surface area contributed by atoms with Crippen molar-refractivity contribution in [3.8, 4) is 0 Å². The van der Waals surface area contributed by atoms with Gasteiger partial charge in [-0.25, -0.2) is 4.98 Å². The number of rotatable bonds is 6. The van der Waals surface area contributed by atoms with Crippen LogP contribution in [0.1, 0.15) is 29.0 Å². The van der Waals surface area contributed by atoms with Gasteiger partial charge in [0.05, 0.1) is 10.6 Å². The molecule has 2 aromatic heterocycles. The van der Waals surface area contributed by atoms with Crippen LogP contribution in [0.15, 0.2) is 16.8 Å². The zero-order chi connectivity index (χ0) is 15.4. The maximum absolute atomic E-state index is 10.7. The number of aryl methyl sites for hydroxylation is 3. The standard InChI is InChI=1S/C14H18N4O3/c1-9-7-14(16-8-13(9)18(19)20)15-6-4-5-12-10(2)17-21-11(12)3/h7-8H,4-6H2,1-3H3,(H,15,16). The lowest BCUT2D eigenvalue weighted by molar-refractivity contribution is -0.385. The van der Waals surface area contributed by atoms with Crippen molar-refractivity contribution in [3.63, 3.8) is 0 Å². The van der Waals surface area contributed by atoms with Gasteiger partial charge in [-0.3, -0.25) is 10.1 Å². The van der Waals surface area contributed by atoms with Gasteiger partial charge < -0.3 is 9.84 Å². The number of anilines is 1. The van der Waals surface area contributed by atoms with Gasteiger partial charge in [-0.05, 0) is 39.7 Å². The van der Waals surface area contributed by atoms with Crippen molar-refractivity contribution in [1.82, 2.24) is 10.1 Å². The average Bonchev–Trinajstić information content (AvgIpc) is 2.74. The molecule has 0 atom stereocenters. The lowest BCUT2D eigenvalue weighted by Crippen LogP contribution is -2.06. The topological polar surface area (TPSA) is 94.1 Å². The van der Waals surface area contributed by atoms with Crippen LogP contribution in [0, 0.1) is 30.9 Å². The minimum absolute atomic E-state index is 0.0382. The van der Waals surface area contributed by atoms with E-state index in [9.17, 15) is 10.1 Å². The Morgan fingerprint density at radius 3 is 2.71 bits per heavy atom. The molecule has 7 nitrogen and oxygen atoms in total. The lowest BCUT2D eigenvalue weighted by atomic mass is 10.1. The van der Waals surface area contributed by atoms with E-state index in [2.05, 4.69) is 15.5 Å². The molecule has 112 valence electrons. The first kappa shape index (κ1) is 15.0. The molecular formula is C14H18N4O3. The second-order valence-corrected chi connectivity index (χ2v) is 4.95. The molecule has 0 amide bonds. The molecule has 0 aliphatic rings. The van der Waals surface area contributed by atoms with Gasteiger partial charge in [0.15, 0.2) is 0 Å². The molecule has 0 spiro atoms. The van der Waals surface area contributed by atoms with Crippen LogP contribution in [0.2, 0.25) is 0 Å². The molecule has 0 aliphatic heterocycles. The molecule has 0 fully saturated rings. The molecule has 2 aromatic rings. The number of pyridine rings is 1. The van der Waals surface area contributed by atoms with Crippen molar-refractivity contribution >= 4 is 11.5 Å². The minimum Gasteiger partial charge on any atom is -0.370 e. The second kappa shape index (κ2) is 6.34. The summed E-state index contributed by atoms with van der Waals surface area (Å²) in [4.78, 5) is 14.3. The first-order valence-electron chi connectivity index (χ1n) is 6.75. The fourth-order valence-electron chi connectivity index (χ4n) is 2.18. The highest BCUT2D eigenvalue weighted by molar-refractivity contribution is 5.46. The average molecular weight is 290 g/mol. The number of nitrogens with one attached hydrogen (secondary N) is 1. The molecule has 0 radical (unpaired) electrons. The minimum atomic E-state index is -0.427. The SMILES string of the molecule is Cc1cc(NCCCc2c(C)noc2C)ncc1[N+](=O)[O-]. The van der Waals surface area contributed by atoms with E-state index in [1.807, 2.05) is 13.8 Å². The summed E-state index contributed by atoms with van der Waals surface area (Å²) in [6, 6.07) is 1.69. The Labute approximate surface area is 122 Å². The lowest BCUT2D eigenvalue weighted by Gasteiger charge is -2.06. The van der Waals surface area contributed by atoms with Crippen LogP contribution < -0.4 is 5.32 Å². The van der Waals surface area contributed by atoms with E-state index in [0.29, 0.717) is 11.4 Å². The third-order valence-corrected chi connectivity index (χ3v) is 3.37. The van der Waals surface area contributed by atoms with Crippen LogP contribution in [0.3, 0.4) is 0 Å². The van der Waals surface area contributed by atoms with Gasteiger partial charge in [-0.2, -0.15) is 0 Å². The van der Waals surface area contributed by atoms with Gasteiger partial charge in [0.1, 0.15) is 17.8 Å². The van der Waals surface area contributed by atoms with Gasteiger partial charge in [-0.15, -0.1) is 0 Å². The third-order valence-electron chi connectivity index (χ3n) is 3.37. The molecule has 0 bridgehead atoms. The quantitative estimate of drug-likeness (QED) is 0.499. The summed E-state index contributed by atoms with van der Waals surface area (Å²) < 4.78 is 5.12. The zero-order valence-corrected chi connectivity index (χ0v) is 12.3. The normalized spacial score (nSPS) is 10.6. The van der Waals surface area contributed by atoms with Gasteiger partial charge in [0, 0.05) is 17.7 Å². The van der Waals surface area contributed by atoms with Gasteiger partial charge in [0.2, 0.25) is 0 Å². The molecule has 2 heterocycles. The molecular weight excluding hydrogens is 272 g/mol. The van der Waals surface area contributed by atoms with Crippen molar-refractivity contribution in [2.75, 3.05) is 11.9 Å². The van der Waals surface area contributed by atoms with Crippen LogP contribution in [-0.2, 0) is 6.42 Å². The fourth-order valence-corrected chi connectivity index (χ4v) is 2.18. The van der Waals surface area contributed by atoms with E-state index in [4.69, 9.17) is 4.52 Å². The first-order chi connectivity index (χ1) is 9.99. The molecule has 0 aromatic carbocycles. The van der Waals surface area contributed by atoms with Crippen molar-refractivity contribution in [1.29, 1.82) is 0 Å². The molecule has 0 saturated heterocycles. The molecule has 0 aliphatic carbocycles.